The van der Waals surface area contributed by atoms with Crippen molar-refractivity contribution in [3.05, 3.63) is 34.3 Å². The second-order valence-corrected chi connectivity index (χ2v) is 7.45. The lowest BCUT2D eigenvalue weighted by Gasteiger charge is -2.41. The van der Waals surface area contributed by atoms with Gasteiger partial charge in [-0.15, -0.1) is 0 Å². The van der Waals surface area contributed by atoms with Gasteiger partial charge in [0.1, 0.15) is 0 Å². The fraction of sp³-hybridized carbons (Fsp3) is 0.556. The van der Waals surface area contributed by atoms with Crippen LogP contribution >= 0.6 is 15.9 Å². The number of Topliss-reactive ketones (excluding diaryl/α,β-unsaturated/α-hetero) is 1. The minimum atomic E-state index is -0.115. The second-order valence-electron chi connectivity index (χ2n) is 6.54. The molecular formula is C18H23BrN2O2. The summed E-state index contributed by atoms with van der Waals surface area (Å²) in [5.74, 6) is 0.306. The molecule has 1 aromatic carbocycles. The Bertz CT molecular complexity index is 581. The maximum absolute atomic E-state index is 12.8. The number of likely N-dealkylation sites (N-methyl/N-ethyl adjacent to an activating group) is 1. The third kappa shape index (κ3) is 3.50. The van der Waals surface area contributed by atoms with Gasteiger partial charge in [0, 0.05) is 23.5 Å². The maximum Gasteiger partial charge on any atom is 0.253 e. The monoisotopic (exact) mass is 378 g/mol. The van der Waals surface area contributed by atoms with Gasteiger partial charge >= 0.3 is 0 Å². The smallest absolute Gasteiger partial charge is 0.253 e. The van der Waals surface area contributed by atoms with E-state index in [1.165, 1.54) is 0 Å². The van der Waals surface area contributed by atoms with Crippen LogP contribution in [0, 0.1) is 0 Å². The highest BCUT2D eigenvalue weighted by Crippen LogP contribution is 2.28. The average molecular weight is 379 g/mol. The first-order valence-corrected chi connectivity index (χ1v) is 9.17. The number of hydrogen-bond acceptors (Lipinski definition) is 3. The Morgan fingerprint density at radius 3 is 2.48 bits per heavy atom. The second kappa shape index (κ2) is 7.14. The third-order valence-electron chi connectivity index (χ3n) is 5.06. The van der Waals surface area contributed by atoms with E-state index < -0.39 is 0 Å². The molecule has 0 bridgehead atoms. The minimum absolute atomic E-state index is 0.00129. The Balaban J connectivity index is 1.80. The number of ketones is 1. The summed E-state index contributed by atoms with van der Waals surface area (Å²) in [4.78, 5) is 29.4. The zero-order valence-corrected chi connectivity index (χ0v) is 15.1. The summed E-state index contributed by atoms with van der Waals surface area (Å²) in [7, 11) is 1.84. The molecule has 1 saturated carbocycles. The highest BCUT2D eigenvalue weighted by Gasteiger charge is 2.40. The molecule has 1 aromatic rings. The molecule has 3 rings (SSSR count). The van der Waals surface area contributed by atoms with Crippen LogP contribution in [0.5, 0.6) is 0 Å². The van der Waals surface area contributed by atoms with Gasteiger partial charge in [0.15, 0.2) is 5.78 Å². The van der Waals surface area contributed by atoms with Crippen molar-refractivity contribution in [1.29, 1.82) is 0 Å². The number of likely N-dealkylation sites (tertiary alicyclic amines) is 1. The Kier molecular flexibility index (Phi) is 5.17. The van der Waals surface area contributed by atoms with Crippen LogP contribution in [0.1, 0.15) is 42.5 Å². The molecule has 1 amide bonds. The van der Waals surface area contributed by atoms with Crippen LogP contribution in [-0.4, -0.2) is 53.7 Å². The summed E-state index contributed by atoms with van der Waals surface area (Å²) in [5.41, 5.74) is 0.675. The topological polar surface area (TPSA) is 40.6 Å². The van der Waals surface area contributed by atoms with E-state index in [4.69, 9.17) is 0 Å². The van der Waals surface area contributed by atoms with Crippen LogP contribution in [-0.2, 0) is 4.79 Å². The predicted molar refractivity (Wildman–Crippen MR) is 93.5 cm³/mol. The fourth-order valence-corrected chi connectivity index (χ4v) is 4.09. The van der Waals surface area contributed by atoms with E-state index in [9.17, 15) is 9.59 Å². The predicted octanol–water partition coefficient (Wildman–Crippen LogP) is 3.11. The molecule has 4 nitrogen and oxygen atoms in total. The minimum Gasteiger partial charge on any atom is -0.337 e. The molecule has 0 unspecified atom stereocenters. The largest absolute Gasteiger partial charge is 0.337 e. The Morgan fingerprint density at radius 1 is 1.17 bits per heavy atom. The summed E-state index contributed by atoms with van der Waals surface area (Å²) < 4.78 is 0.958. The zero-order valence-electron chi connectivity index (χ0n) is 13.5. The molecule has 2 atom stereocenters. The van der Waals surface area contributed by atoms with Crippen molar-refractivity contribution < 1.29 is 9.59 Å². The van der Waals surface area contributed by atoms with Gasteiger partial charge in [0.05, 0.1) is 12.1 Å². The van der Waals surface area contributed by atoms with Crippen LogP contribution in [0.2, 0.25) is 0 Å². The average Bonchev–Trinajstić information content (AvgIpc) is 3.08. The number of benzene rings is 1. The van der Waals surface area contributed by atoms with Crippen molar-refractivity contribution >= 4 is 27.6 Å². The quantitative estimate of drug-likeness (QED) is 0.811. The van der Waals surface area contributed by atoms with Crippen LogP contribution in [0.25, 0.3) is 0 Å². The van der Waals surface area contributed by atoms with Gasteiger partial charge in [-0.05, 0) is 63.0 Å². The Morgan fingerprint density at radius 2 is 1.83 bits per heavy atom. The molecule has 1 heterocycles. The van der Waals surface area contributed by atoms with Crippen LogP contribution in [0.15, 0.2) is 28.7 Å². The van der Waals surface area contributed by atoms with Crippen molar-refractivity contribution in [3.63, 3.8) is 0 Å². The standard InChI is InChI=1S/C18H23BrN2O2/c1-20(18(23)13-7-9-14(19)10-8-13)15-5-4-6-16(22)17(15)21-11-2-3-12-21/h7-10,15,17H,2-6,11-12H2,1H3/t15-,17+/m1/s1. The highest BCUT2D eigenvalue weighted by molar-refractivity contribution is 9.10. The van der Waals surface area contributed by atoms with Crippen molar-refractivity contribution in [2.75, 3.05) is 20.1 Å². The first kappa shape index (κ1) is 16.7. The van der Waals surface area contributed by atoms with E-state index >= 15 is 0 Å². The number of carbonyl (C=O) groups excluding carboxylic acids is 2. The zero-order chi connectivity index (χ0) is 16.4. The number of carbonyl (C=O) groups is 2. The first-order chi connectivity index (χ1) is 11.1. The van der Waals surface area contributed by atoms with Crippen LogP contribution in [0.3, 0.4) is 0 Å². The number of halogens is 1. The summed E-state index contributed by atoms with van der Waals surface area (Å²) in [6, 6.07) is 7.30. The maximum atomic E-state index is 12.8. The lowest BCUT2D eigenvalue weighted by molar-refractivity contribution is -0.128. The first-order valence-electron chi connectivity index (χ1n) is 8.37. The lowest BCUT2D eigenvalue weighted by atomic mass is 9.87. The van der Waals surface area contributed by atoms with Crippen molar-refractivity contribution in [3.8, 4) is 0 Å². The number of nitrogens with zero attached hydrogens (tertiary/aromatic N) is 2. The lowest BCUT2D eigenvalue weighted by Crippen LogP contribution is -2.57. The normalized spacial score (nSPS) is 25.6. The van der Waals surface area contributed by atoms with E-state index in [1.54, 1.807) is 4.90 Å². The molecule has 23 heavy (non-hydrogen) atoms. The molecular weight excluding hydrogens is 356 g/mol. The van der Waals surface area contributed by atoms with Gasteiger partial charge in [-0.25, -0.2) is 0 Å². The van der Waals surface area contributed by atoms with E-state index in [0.29, 0.717) is 17.8 Å². The molecule has 1 saturated heterocycles. The molecule has 0 radical (unpaired) electrons. The third-order valence-corrected chi connectivity index (χ3v) is 5.59. The summed E-state index contributed by atoms with van der Waals surface area (Å²) in [6.07, 6.45) is 4.75. The number of hydrogen-bond donors (Lipinski definition) is 0. The van der Waals surface area contributed by atoms with Crippen molar-refractivity contribution in [2.45, 2.75) is 44.2 Å². The number of rotatable bonds is 3. The highest BCUT2D eigenvalue weighted by atomic mass is 79.9. The molecule has 124 valence electrons. The van der Waals surface area contributed by atoms with E-state index in [1.807, 2.05) is 31.3 Å². The van der Waals surface area contributed by atoms with E-state index in [-0.39, 0.29) is 18.0 Å². The van der Waals surface area contributed by atoms with Crippen molar-refractivity contribution in [1.82, 2.24) is 9.80 Å². The summed E-state index contributed by atoms with van der Waals surface area (Å²) >= 11 is 3.39. The van der Waals surface area contributed by atoms with Gasteiger partial charge < -0.3 is 4.90 Å². The summed E-state index contributed by atoms with van der Waals surface area (Å²) in [6.45, 7) is 1.96. The van der Waals surface area contributed by atoms with E-state index in [2.05, 4.69) is 20.8 Å². The van der Waals surface area contributed by atoms with Gasteiger partial charge in [-0.2, -0.15) is 0 Å². The molecule has 0 aromatic heterocycles. The molecule has 1 aliphatic carbocycles. The molecule has 0 N–H and O–H groups in total. The summed E-state index contributed by atoms with van der Waals surface area (Å²) in [5, 5.41) is 0. The SMILES string of the molecule is CN(C(=O)c1ccc(Br)cc1)[C@@H]1CCCC(=O)[C@H]1N1CCCC1. The van der Waals surface area contributed by atoms with Gasteiger partial charge in [0.2, 0.25) is 0 Å². The van der Waals surface area contributed by atoms with Crippen LogP contribution in [0.4, 0.5) is 0 Å². The van der Waals surface area contributed by atoms with Crippen molar-refractivity contribution in [2.24, 2.45) is 0 Å². The molecule has 2 aliphatic rings. The van der Waals surface area contributed by atoms with Gasteiger partial charge in [-0.3, -0.25) is 14.5 Å². The van der Waals surface area contributed by atoms with Crippen LogP contribution < -0.4 is 0 Å². The number of amides is 1. The Hall–Kier alpha value is -1.20. The van der Waals surface area contributed by atoms with Gasteiger partial charge in [-0.1, -0.05) is 15.9 Å². The van der Waals surface area contributed by atoms with E-state index in [0.717, 1.165) is 43.2 Å². The van der Waals surface area contributed by atoms with Gasteiger partial charge in [0.25, 0.3) is 5.91 Å². The fourth-order valence-electron chi connectivity index (χ4n) is 3.82. The Labute approximate surface area is 146 Å². The molecule has 5 heteroatoms. The molecule has 2 fully saturated rings. The molecule has 1 aliphatic heterocycles. The molecule has 0 spiro atoms.